The van der Waals surface area contributed by atoms with Gasteiger partial charge in [0.1, 0.15) is 0 Å². The summed E-state index contributed by atoms with van der Waals surface area (Å²) in [5.74, 6) is -2.68. The van der Waals surface area contributed by atoms with Crippen LogP contribution in [0.3, 0.4) is 0 Å². The van der Waals surface area contributed by atoms with E-state index in [4.69, 9.17) is 0 Å². The Kier molecular flexibility index (Phi) is 7.15. The van der Waals surface area contributed by atoms with E-state index in [9.17, 15) is 23.2 Å². The number of hydrogen-bond donors (Lipinski definition) is 2. The minimum Gasteiger partial charge on any atom is -0.349 e. The maximum absolute atomic E-state index is 13.8. The summed E-state index contributed by atoms with van der Waals surface area (Å²) in [5.41, 5.74) is 3.01. The number of Topliss-reactive ketones (excluding diaryl/α,β-unsaturated/α-hetero) is 1. The first kappa shape index (κ1) is 24.0. The van der Waals surface area contributed by atoms with E-state index < -0.39 is 11.6 Å². The van der Waals surface area contributed by atoms with E-state index in [1.54, 1.807) is 54.6 Å². The van der Waals surface area contributed by atoms with Gasteiger partial charge in [0.25, 0.3) is 11.8 Å². The minimum absolute atomic E-state index is 0.0209. The van der Waals surface area contributed by atoms with Gasteiger partial charge in [-0.15, -0.1) is 0 Å². The molecule has 2 amide bonds. The van der Waals surface area contributed by atoms with Gasteiger partial charge in [0.15, 0.2) is 17.4 Å². The number of amides is 2. The van der Waals surface area contributed by atoms with E-state index in [1.807, 2.05) is 0 Å². The van der Waals surface area contributed by atoms with E-state index in [2.05, 4.69) is 10.6 Å². The summed E-state index contributed by atoms with van der Waals surface area (Å²) in [5, 5.41) is 5.70. The van der Waals surface area contributed by atoms with Crippen LogP contribution in [0.2, 0.25) is 0 Å². The smallest absolute Gasteiger partial charge is 0.252 e. The van der Waals surface area contributed by atoms with Gasteiger partial charge in [-0.1, -0.05) is 42.5 Å². The first-order valence-corrected chi connectivity index (χ1v) is 11.3. The number of carbonyl (C=O) groups is 3. The van der Waals surface area contributed by atoms with Crippen molar-refractivity contribution in [1.82, 2.24) is 10.6 Å². The molecule has 1 aliphatic carbocycles. The Labute approximate surface area is 201 Å². The number of rotatable bonds is 8. The van der Waals surface area contributed by atoms with Gasteiger partial charge in [-0.25, -0.2) is 8.78 Å². The van der Waals surface area contributed by atoms with Crippen LogP contribution in [0, 0.1) is 11.6 Å². The van der Waals surface area contributed by atoms with Gasteiger partial charge >= 0.3 is 0 Å². The molecule has 1 saturated carbocycles. The van der Waals surface area contributed by atoms with Gasteiger partial charge in [0, 0.05) is 29.3 Å². The average molecular weight is 475 g/mol. The molecule has 35 heavy (non-hydrogen) atoms. The fraction of sp³-hybridized carbons (Fsp3) is 0.179. The number of ketones is 1. The van der Waals surface area contributed by atoms with Crippen molar-refractivity contribution in [2.45, 2.75) is 32.4 Å². The Morgan fingerprint density at radius 3 is 2.09 bits per heavy atom. The molecule has 2 N–H and O–H groups in total. The number of nitrogens with one attached hydrogen (secondary N) is 2. The second-order valence-electron chi connectivity index (χ2n) is 8.49. The number of halogens is 2. The Balaban J connectivity index is 1.48. The molecule has 0 saturated heterocycles. The van der Waals surface area contributed by atoms with E-state index in [0.717, 1.165) is 30.5 Å². The summed E-state index contributed by atoms with van der Waals surface area (Å²) in [4.78, 5) is 36.7. The van der Waals surface area contributed by atoms with Crippen LogP contribution >= 0.6 is 0 Å². The van der Waals surface area contributed by atoms with Crippen molar-refractivity contribution in [2.75, 3.05) is 0 Å². The molecule has 3 aromatic rings. The lowest BCUT2D eigenvalue weighted by molar-refractivity contribution is -0.115. The van der Waals surface area contributed by atoms with Crippen molar-refractivity contribution in [2.24, 2.45) is 0 Å². The summed E-state index contributed by atoms with van der Waals surface area (Å²) in [6, 6.07) is 17.1. The van der Waals surface area contributed by atoms with Crippen LogP contribution in [0.4, 0.5) is 8.78 Å². The molecule has 3 aromatic carbocycles. The highest BCUT2D eigenvalue weighted by atomic mass is 19.2. The molecule has 0 aromatic heterocycles. The third kappa shape index (κ3) is 6.26. The van der Waals surface area contributed by atoms with Crippen molar-refractivity contribution in [3.63, 3.8) is 0 Å². The molecule has 7 heteroatoms. The highest BCUT2D eigenvalue weighted by Gasteiger charge is 2.25. The van der Waals surface area contributed by atoms with Gasteiger partial charge in [-0.2, -0.15) is 0 Å². The van der Waals surface area contributed by atoms with Crippen molar-refractivity contribution in [3.8, 4) is 0 Å². The second kappa shape index (κ2) is 10.4. The van der Waals surface area contributed by atoms with E-state index in [1.165, 1.54) is 13.0 Å². The molecule has 0 bridgehead atoms. The molecule has 0 radical (unpaired) electrons. The molecular formula is C28H24F2N2O3. The van der Waals surface area contributed by atoms with E-state index >= 15 is 0 Å². The minimum atomic E-state index is -1.03. The highest BCUT2D eigenvalue weighted by molar-refractivity contribution is 6.24. The van der Waals surface area contributed by atoms with Gasteiger partial charge in [0.2, 0.25) is 0 Å². The fourth-order valence-electron chi connectivity index (χ4n) is 3.47. The van der Waals surface area contributed by atoms with Gasteiger partial charge in [0.05, 0.1) is 0 Å². The lowest BCUT2D eigenvalue weighted by Crippen LogP contribution is -2.26. The maximum Gasteiger partial charge on any atom is 0.252 e. The van der Waals surface area contributed by atoms with E-state index in [-0.39, 0.29) is 34.8 Å². The molecule has 0 aliphatic heterocycles. The molecule has 178 valence electrons. The zero-order valence-corrected chi connectivity index (χ0v) is 19.1. The summed E-state index contributed by atoms with van der Waals surface area (Å²) in [7, 11) is 0. The molecule has 0 atom stereocenters. The maximum atomic E-state index is 13.8. The molecule has 4 rings (SSSR count). The third-order valence-electron chi connectivity index (χ3n) is 5.69. The molecule has 5 nitrogen and oxygen atoms in total. The SMILES string of the molecule is CC(=O)c1ccc(CNC(=O)c2ccc(/C=C(/C(=O)NC3CC3)c3ccc(F)c(F)c3)cc2)cc1. The van der Waals surface area contributed by atoms with Crippen LogP contribution in [0.15, 0.2) is 66.7 Å². The highest BCUT2D eigenvalue weighted by Crippen LogP contribution is 2.24. The second-order valence-corrected chi connectivity index (χ2v) is 8.49. The van der Waals surface area contributed by atoms with Crippen LogP contribution in [0.25, 0.3) is 11.6 Å². The molecule has 1 fully saturated rings. The van der Waals surface area contributed by atoms with Crippen molar-refractivity contribution < 1.29 is 23.2 Å². The molecular weight excluding hydrogens is 450 g/mol. The zero-order chi connectivity index (χ0) is 24.9. The fourth-order valence-corrected chi connectivity index (χ4v) is 3.47. The number of carbonyl (C=O) groups excluding carboxylic acids is 3. The van der Waals surface area contributed by atoms with Crippen molar-refractivity contribution in [1.29, 1.82) is 0 Å². The summed E-state index contributed by atoms with van der Waals surface area (Å²) in [6.07, 6.45) is 3.37. The Morgan fingerprint density at radius 2 is 1.49 bits per heavy atom. The van der Waals surface area contributed by atoms with Gasteiger partial charge in [-0.05, 0) is 66.8 Å². The largest absolute Gasteiger partial charge is 0.349 e. The van der Waals surface area contributed by atoms with Crippen molar-refractivity contribution in [3.05, 3.63) is 106 Å². The normalized spacial score (nSPS) is 13.3. The lowest BCUT2D eigenvalue weighted by atomic mass is 10.0. The van der Waals surface area contributed by atoms with Crippen LogP contribution in [-0.4, -0.2) is 23.6 Å². The lowest BCUT2D eigenvalue weighted by Gasteiger charge is -2.10. The monoisotopic (exact) mass is 474 g/mol. The van der Waals surface area contributed by atoms with Crippen LogP contribution < -0.4 is 10.6 Å². The van der Waals surface area contributed by atoms with Gasteiger partial charge in [-0.3, -0.25) is 14.4 Å². The quantitative estimate of drug-likeness (QED) is 0.277. The Hall–Kier alpha value is -4.13. The van der Waals surface area contributed by atoms with E-state index in [0.29, 0.717) is 23.2 Å². The summed E-state index contributed by atoms with van der Waals surface area (Å²) < 4.78 is 27.2. The average Bonchev–Trinajstić information content (AvgIpc) is 3.67. The molecule has 1 aliphatic rings. The molecule has 0 unspecified atom stereocenters. The van der Waals surface area contributed by atoms with Crippen LogP contribution in [0.1, 0.15) is 57.2 Å². The Morgan fingerprint density at radius 1 is 0.857 bits per heavy atom. The summed E-state index contributed by atoms with van der Waals surface area (Å²) in [6.45, 7) is 1.80. The predicted octanol–water partition coefficient (Wildman–Crippen LogP) is 4.92. The summed E-state index contributed by atoms with van der Waals surface area (Å²) >= 11 is 0. The number of benzene rings is 3. The van der Waals surface area contributed by atoms with Crippen molar-refractivity contribution >= 4 is 29.2 Å². The van der Waals surface area contributed by atoms with Crippen LogP contribution in [0.5, 0.6) is 0 Å². The first-order chi connectivity index (χ1) is 16.8. The molecule has 0 heterocycles. The zero-order valence-electron chi connectivity index (χ0n) is 19.1. The predicted molar refractivity (Wildman–Crippen MR) is 129 cm³/mol. The number of hydrogen-bond acceptors (Lipinski definition) is 3. The first-order valence-electron chi connectivity index (χ1n) is 11.3. The Bertz CT molecular complexity index is 1290. The van der Waals surface area contributed by atoms with Crippen LogP contribution in [-0.2, 0) is 11.3 Å². The standard InChI is InChI=1S/C28H24F2N2O3/c1-17(33)20-6-4-19(5-7-20)16-31-27(34)21-8-2-18(3-9-21)14-24(28(35)32-23-11-12-23)22-10-13-25(29)26(30)15-22/h2-10,13-15,23H,11-12,16H2,1H3,(H,31,34)(H,32,35)/b24-14+. The third-order valence-corrected chi connectivity index (χ3v) is 5.69. The topological polar surface area (TPSA) is 75.3 Å². The van der Waals surface area contributed by atoms with Gasteiger partial charge < -0.3 is 10.6 Å². The molecule has 0 spiro atoms.